The smallest absolute Gasteiger partial charge is 0.272 e. The Kier molecular flexibility index (Phi) is 7.51. The maximum atomic E-state index is 12.7. The Morgan fingerprint density at radius 1 is 1.07 bits per heavy atom. The van der Waals surface area contributed by atoms with E-state index < -0.39 is 0 Å². The van der Waals surface area contributed by atoms with E-state index in [0.717, 1.165) is 36.6 Å². The number of nitrogens with one attached hydrogen (secondary N) is 2. The quantitative estimate of drug-likeness (QED) is 0.447. The molecule has 0 radical (unpaired) electrons. The lowest BCUT2D eigenvalue weighted by Crippen LogP contribution is -2.23. The van der Waals surface area contributed by atoms with Gasteiger partial charge in [-0.1, -0.05) is 62.0 Å². The van der Waals surface area contributed by atoms with Gasteiger partial charge in [-0.3, -0.25) is 9.59 Å². The van der Waals surface area contributed by atoms with E-state index in [1.54, 1.807) is 18.2 Å². The molecule has 0 saturated heterocycles. The van der Waals surface area contributed by atoms with Crippen molar-refractivity contribution >= 4 is 45.6 Å². The van der Waals surface area contributed by atoms with E-state index in [9.17, 15) is 9.59 Å². The number of hydrogen-bond donors (Lipinski definition) is 2. The zero-order chi connectivity index (χ0) is 21.7. The molecule has 0 aliphatic carbocycles. The second-order valence-corrected chi connectivity index (χ2v) is 8.28. The highest BCUT2D eigenvalue weighted by Gasteiger charge is 2.17. The van der Waals surface area contributed by atoms with Gasteiger partial charge in [-0.2, -0.15) is 5.10 Å². The van der Waals surface area contributed by atoms with Crippen molar-refractivity contribution in [1.29, 1.82) is 0 Å². The van der Waals surface area contributed by atoms with Gasteiger partial charge in [-0.25, -0.2) is 5.10 Å². The van der Waals surface area contributed by atoms with Crippen LogP contribution in [0, 0.1) is 5.92 Å². The highest BCUT2D eigenvalue weighted by molar-refractivity contribution is 6.35. The molecule has 0 fully saturated rings. The number of halogens is 2. The zero-order valence-corrected chi connectivity index (χ0v) is 18.6. The van der Waals surface area contributed by atoms with E-state index in [-0.39, 0.29) is 17.4 Å². The lowest BCUT2D eigenvalue weighted by molar-refractivity contribution is -0.120. The minimum absolute atomic E-state index is 0.00305. The molecular weight excluding hydrogens is 421 g/mol. The van der Waals surface area contributed by atoms with Crippen LogP contribution in [0.15, 0.2) is 41.2 Å². The maximum Gasteiger partial charge on any atom is 0.272 e. The van der Waals surface area contributed by atoms with Crippen LogP contribution in [0.5, 0.6) is 0 Å². The van der Waals surface area contributed by atoms with E-state index in [1.807, 2.05) is 18.2 Å². The summed E-state index contributed by atoms with van der Waals surface area (Å²) in [5, 5.41) is 12.0. The van der Waals surface area contributed by atoms with Crippen LogP contribution < -0.4 is 10.9 Å². The molecule has 7 heteroatoms. The van der Waals surface area contributed by atoms with Gasteiger partial charge in [0.25, 0.3) is 5.56 Å². The zero-order valence-electron chi connectivity index (χ0n) is 17.1. The average Bonchev–Trinajstić information content (AvgIpc) is 2.72. The Hall–Kier alpha value is -2.37. The van der Waals surface area contributed by atoms with E-state index in [0.29, 0.717) is 33.2 Å². The third-order valence-corrected chi connectivity index (χ3v) is 5.74. The minimum Gasteiger partial charge on any atom is -0.326 e. The summed E-state index contributed by atoms with van der Waals surface area (Å²) in [5.41, 5.74) is 1.87. The highest BCUT2D eigenvalue weighted by atomic mass is 35.5. The molecule has 0 spiro atoms. The van der Waals surface area contributed by atoms with Gasteiger partial charge in [0.1, 0.15) is 0 Å². The Labute approximate surface area is 185 Å². The van der Waals surface area contributed by atoms with Gasteiger partial charge in [0, 0.05) is 33.5 Å². The summed E-state index contributed by atoms with van der Waals surface area (Å²) in [6.45, 7) is 4.15. The summed E-state index contributed by atoms with van der Waals surface area (Å²) in [5.74, 6) is -0.0225. The predicted molar refractivity (Wildman–Crippen MR) is 124 cm³/mol. The first kappa shape index (κ1) is 22.3. The summed E-state index contributed by atoms with van der Waals surface area (Å²) < 4.78 is 0. The summed E-state index contributed by atoms with van der Waals surface area (Å²) >= 11 is 12.3. The van der Waals surface area contributed by atoms with E-state index in [4.69, 9.17) is 23.2 Å². The van der Waals surface area contributed by atoms with Crippen molar-refractivity contribution in [1.82, 2.24) is 10.2 Å². The number of benzene rings is 2. The fourth-order valence-corrected chi connectivity index (χ4v) is 4.10. The Morgan fingerprint density at radius 2 is 1.80 bits per heavy atom. The molecule has 3 aromatic rings. The number of nitrogens with zero attached hydrogens (tertiary/aromatic N) is 1. The van der Waals surface area contributed by atoms with Crippen molar-refractivity contribution in [3.63, 3.8) is 0 Å². The van der Waals surface area contributed by atoms with Crippen LogP contribution in [0.1, 0.15) is 50.8 Å². The van der Waals surface area contributed by atoms with Crippen molar-refractivity contribution in [3.8, 4) is 0 Å². The molecule has 2 aromatic carbocycles. The second kappa shape index (κ2) is 10.1. The number of H-pyrrole nitrogens is 1. The van der Waals surface area contributed by atoms with Crippen molar-refractivity contribution in [3.05, 3.63) is 68.1 Å². The summed E-state index contributed by atoms with van der Waals surface area (Å²) in [6.07, 6.45) is 4.06. The maximum absolute atomic E-state index is 12.7. The van der Waals surface area contributed by atoms with Crippen LogP contribution in [0.25, 0.3) is 10.8 Å². The molecule has 1 heterocycles. The van der Waals surface area contributed by atoms with E-state index >= 15 is 0 Å². The van der Waals surface area contributed by atoms with Crippen molar-refractivity contribution in [2.75, 3.05) is 5.32 Å². The number of anilines is 1. The number of aromatic amines is 1. The van der Waals surface area contributed by atoms with Crippen LogP contribution in [-0.4, -0.2) is 16.1 Å². The summed E-state index contributed by atoms with van der Waals surface area (Å²) in [4.78, 5) is 25.0. The van der Waals surface area contributed by atoms with Crippen LogP contribution in [0.3, 0.4) is 0 Å². The largest absolute Gasteiger partial charge is 0.326 e. The fourth-order valence-electron chi connectivity index (χ4n) is 3.63. The molecule has 2 N–H and O–H groups in total. The molecular formula is C23H25Cl2N3O2. The van der Waals surface area contributed by atoms with Gasteiger partial charge in [0.15, 0.2) is 0 Å². The van der Waals surface area contributed by atoms with E-state index in [2.05, 4.69) is 29.4 Å². The van der Waals surface area contributed by atoms with Gasteiger partial charge in [-0.15, -0.1) is 0 Å². The lowest BCUT2D eigenvalue weighted by atomic mass is 9.97. The molecule has 0 aliphatic rings. The Morgan fingerprint density at radius 3 is 2.47 bits per heavy atom. The average molecular weight is 446 g/mol. The topological polar surface area (TPSA) is 74.8 Å². The van der Waals surface area contributed by atoms with Crippen LogP contribution in [0.2, 0.25) is 10.0 Å². The number of aromatic nitrogens is 2. The molecule has 0 saturated carbocycles. The van der Waals surface area contributed by atoms with Crippen molar-refractivity contribution in [2.24, 2.45) is 5.92 Å². The van der Waals surface area contributed by atoms with Crippen LogP contribution in [-0.2, 0) is 11.2 Å². The van der Waals surface area contributed by atoms with Gasteiger partial charge in [-0.05, 0) is 42.7 Å². The molecule has 3 rings (SSSR count). The number of rotatable bonds is 8. The number of carbonyl (C=O) groups excluding carboxylic acids is 1. The monoisotopic (exact) mass is 445 g/mol. The molecule has 0 atom stereocenters. The molecule has 0 aliphatic heterocycles. The lowest BCUT2D eigenvalue weighted by Gasteiger charge is -2.15. The van der Waals surface area contributed by atoms with Gasteiger partial charge in [0.2, 0.25) is 5.91 Å². The number of carbonyl (C=O) groups is 1. The normalized spacial score (nSPS) is 11.2. The Balaban J connectivity index is 1.90. The molecule has 0 unspecified atom stereocenters. The molecule has 0 bridgehead atoms. The first-order valence-electron chi connectivity index (χ1n) is 10.2. The SMILES string of the molecule is CCCC(CCC)C(=O)Nc1ccc2c(Cc3ccc(Cl)cc3Cl)n[nH]c(=O)c2c1. The highest BCUT2D eigenvalue weighted by Crippen LogP contribution is 2.26. The summed E-state index contributed by atoms with van der Waals surface area (Å²) in [6, 6.07) is 10.6. The minimum atomic E-state index is -0.300. The van der Waals surface area contributed by atoms with Crippen LogP contribution >= 0.6 is 23.2 Å². The molecule has 5 nitrogen and oxygen atoms in total. The third-order valence-electron chi connectivity index (χ3n) is 5.15. The van der Waals surface area contributed by atoms with Crippen molar-refractivity contribution in [2.45, 2.75) is 46.0 Å². The number of fused-ring (bicyclic) bond motifs is 1. The van der Waals surface area contributed by atoms with Gasteiger partial charge in [0.05, 0.1) is 11.1 Å². The fraction of sp³-hybridized carbons (Fsp3) is 0.348. The van der Waals surface area contributed by atoms with Gasteiger partial charge >= 0.3 is 0 Å². The number of amides is 1. The summed E-state index contributed by atoms with van der Waals surface area (Å²) in [7, 11) is 0. The molecule has 1 amide bonds. The standard InChI is InChI=1S/C23H25Cl2N3O2/c1-3-5-14(6-4-2)22(29)26-17-9-10-18-19(13-17)23(30)28-27-21(18)11-15-7-8-16(24)12-20(15)25/h7-10,12-14H,3-6,11H2,1-2H3,(H,26,29)(H,28,30). The van der Waals surface area contributed by atoms with Crippen molar-refractivity contribution < 1.29 is 4.79 Å². The van der Waals surface area contributed by atoms with Gasteiger partial charge < -0.3 is 5.32 Å². The number of hydrogen-bond acceptors (Lipinski definition) is 3. The predicted octanol–water partition coefficient (Wildman–Crippen LogP) is 5.98. The molecule has 158 valence electrons. The Bertz CT molecular complexity index is 1110. The molecule has 1 aromatic heterocycles. The van der Waals surface area contributed by atoms with E-state index in [1.165, 1.54) is 0 Å². The third kappa shape index (κ3) is 5.21. The second-order valence-electron chi connectivity index (χ2n) is 7.44. The first-order chi connectivity index (χ1) is 14.4. The van der Waals surface area contributed by atoms with Crippen LogP contribution in [0.4, 0.5) is 5.69 Å². The first-order valence-corrected chi connectivity index (χ1v) is 10.9. The molecule has 30 heavy (non-hydrogen) atoms.